The molecule has 0 spiro atoms. The number of hydrogen-bond donors (Lipinski definition) is 5. The lowest BCUT2D eigenvalue weighted by atomic mass is 9.67. The maximum Gasteiger partial charge on any atom is 0.201 e. The molecule has 0 heterocycles. The summed E-state index contributed by atoms with van der Waals surface area (Å²) in [7, 11) is 1.37. The van der Waals surface area contributed by atoms with Crippen molar-refractivity contribution in [3.63, 3.8) is 0 Å². The van der Waals surface area contributed by atoms with E-state index in [2.05, 4.69) is 0 Å². The van der Waals surface area contributed by atoms with Crippen LogP contribution in [0.3, 0.4) is 0 Å². The van der Waals surface area contributed by atoms with Crippen LogP contribution < -0.4 is 4.74 Å². The van der Waals surface area contributed by atoms with Crippen molar-refractivity contribution in [2.45, 2.75) is 26.2 Å². The number of carbonyl (C=O) groups excluding carboxylic acids is 1. The van der Waals surface area contributed by atoms with Crippen molar-refractivity contribution >= 4 is 63.0 Å². The molecule has 7 nitrogen and oxygen atoms in total. The Morgan fingerprint density at radius 1 is 0.744 bits per heavy atom. The molecular weight excluding hydrogens is 590 g/mol. The summed E-state index contributed by atoms with van der Waals surface area (Å²) in [6.45, 7) is 4.99. The number of phenols is 5. The number of halogens is 4. The number of benzene rings is 4. The van der Waals surface area contributed by atoms with E-state index in [9.17, 15) is 30.3 Å². The highest BCUT2D eigenvalue weighted by Crippen LogP contribution is 2.57. The zero-order chi connectivity index (χ0) is 28.9. The van der Waals surface area contributed by atoms with Gasteiger partial charge in [-0.05, 0) is 35.7 Å². The molecule has 0 saturated heterocycles. The molecule has 5 rings (SSSR count). The normalized spacial score (nSPS) is 13.9. The molecule has 39 heavy (non-hydrogen) atoms. The third-order valence-electron chi connectivity index (χ3n) is 7.33. The number of rotatable bonds is 2. The van der Waals surface area contributed by atoms with Gasteiger partial charge in [0.25, 0.3) is 0 Å². The first-order valence-electron chi connectivity index (χ1n) is 11.4. The van der Waals surface area contributed by atoms with Crippen LogP contribution in [0, 0.1) is 6.92 Å². The van der Waals surface area contributed by atoms with Crippen LogP contribution in [0.5, 0.6) is 34.5 Å². The number of hydrogen-bond acceptors (Lipinski definition) is 7. The second-order valence-corrected chi connectivity index (χ2v) is 11.3. The second-order valence-electron chi connectivity index (χ2n) is 9.77. The molecule has 5 N–H and O–H groups in total. The van der Waals surface area contributed by atoms with Crippen molar-refractivity contribution in [1.29, 1.82) is 0 Å². The van der Waals surface area contributed by atoms with Gasteiger partial charge < -0.3 is 30.3 Å². The smallest absolute Gasteiger partial charge is 0.201 e. The molecule has 0 saturated carbocycles. The fraction of sp³-hybridized carbons (Fsp3) is 0.179. The number of methoxy groups -OCH3 is 1. The van der Waals surface area contributed by atoms with E-state index in [1.165, 1.54) is 19.2 Å². The number of carbonyl (C=O) groups is 1. The van der Waals surface area contributed by atoms with Crippen molar-refractivity contribution in [2.24, 2.45) is 0 Å². The average molecular weight is 610 g/mol. The van der Waals surface area contributed by atoms with Crippen LogP contribution in [0.25, 0.3) is 21.9 Å². The first kappa shape index (κ1) is 27.3. The van der Waals surface area contributed by atoms with Gasteiger partial charge in [-0.3, -0.25) is 4.79 Å². The summed E-state index contributed by atoms with van der Waals surface area (Å²) in [6.07, 6.45) is 0. The zero-order valence-corrected chi connectivity index (χ0v) is 23.8. The SMILES string of the molecule is COc1cc(O)c(Cl)c(C)c1-c1cc(O)c(Cl)c2cc3c(c(O)c12)C(=O)c1c(O)c(Cl)c(O)c(Cl)c1C3(C)C. The molecule has 0 atom stereocenters. The molecule has 4 aromatic carbocycles. The molecule has 0 fully saturated rings. The van der Waals surface area contributed by atoms with Crippen LogP contribution >= 0.6 is 46.4 Å². The number of ketones is 1. The molecule has 11 heteroatoms. The number of phenolic OH excluding ortho intramolecular Hbond substituents is 5. The monoisotopic (exact) mass is 608 g/mol. The lowest BCUT2D eigenvalue weighted by molar-refractivity contribution is 0.102. The largest absolute Gasteiger partial charge is 0.506 e. The van der Waals surface area contributed by atoms with Crippen molar-refractivity contribution < 1.29 is 35.1 Å². The molecule has 1 aliphatic carbocycles. The molecule has 0 aromatic heterocycles. The molecule has 1 aliphatic rings. The molecule has 0 bridgehead atoms. The van der Waals surface area contributed by atoms with Gasteiger partial charge in [0.1, 0.15) is 33.8 Å². The van der Waals surface area contributed by atoms with E-state index < -0.39 is 33.5 Å². The maximum atomic E-state index is 13.9. The van der Waals surface area contributed by atoms with E-state index in [-0.39, 0.29) is 70.9 Å². The van der Waals surface area contributed by atoms with Crippen LogP contribution in [0.2, 0.25) is 20.1 Å². The summed E-state index contributed by atoms with van der Waals surface area (Å²) in [5.41, 5.74) is -0.276. The minimum atomic E-state index is -1.16. The van der Waals surface area contributed by atoms with Crippen LogP contribution in [0.4, 0.5) is 0 Å². The highest BCUT2D eigenvalue weighted by Gasteiger charge is 2.44. The van der Waals surface area contributed by atoms with Crippen molar-refractivity contribution in [2.75, 3.05) is 7.11 Å². The predicted octanol–water partition coefficient (Wildman–Crippen LogP) is 7.84. The molecule has 202 valence electrons. The van der Waals surface area contributed by atoms with Crippen molar-refractivity contribution in [3.8, 4) is 45.6 Å². The lowest BCUT2D eigenvalue weighted by Crippen LogP contribution is -2.31. The zero-order valence-electron chi connectivity index (χ0n) is 20.8. The van der Waals surface area contributed by atoms with E-state index in [0.29, 0.717) is 11.1 Å². The van der Waals surface area contributed by atoms with Gasteiger partial charge in [0, 0.05) is 33.4 Å². The minimum Gasteiger partial charge on any atom is -0.506 e. The Bertz CT molecular complexity index is 1790. The van der Waals surface area contributed by atoms with Gasteiger partial charge in [-0.2, -0.15) is 0 Å². The highest BCUT2D eigenvalue weighted by atomic mass is 35.5. The summed E-state index contributed by atoms with van der Waals surface area (Å²) in [5.74, 6) is -2.93. The fourth-order valence-corrected chi connectivity index (χ4v) is 6.43. The Morgan fingerprint density at radius 3 is 1.97 bits per heavy atom. The van der Waals surface area contributed by atoms with Crippen LogP contribution in [0.15, 0.2) is 18.2 Å². The van der Waals surface area contributed by atoms with Crippen LogP contribution in [0.1, 0.15) is 46.5 Å². The average Bonchev–Trinajstić information content (AvgIpc) is 2.88. The van der Waals surface area contributed by atoms with Gasteiger partial charge >= 0.3 is 0 Å². The van der Waals surface area contributed by atoms with Crippen LogP contribution in [-0.2, 0) is 5.41 Å². The number of aromatic hydroxyl groups is 5. The third kappa shape index (κ3) is 3.54. The molecule has 0 unspecified atom stereocenters. The first-order valence-corrected chi connectivity index (χ1v) is 12.9. The van der Waals surface area contributed by atoms with Crippen molar-refractivity contribution in [1.82, 2.24) is 0 Å². The Morgan fingerprint density at radius 2 is 1.36 bits per heavy atom. The maximum absolute atomic E-state index is 13.9. The number of fused-ring (bicyclic) bond motifs is 3. The van der Waals surface area contributed by atoms with E-state index in [0.717, 1.165) is 0 Å². The van der Waals surface area contributed by atoms with E-state index in [1.807, 2.05) is 0 Å². The molecule has 0 radical (unpaired) electrons. The molecule has 0 amide bonds. The third-order valence-corrected chi connectivity index (χ3v) is 8.93. The van der Waals surface area contributed by atoms with Crippen LogP contribution in [-0.4, -0.2) is 38.4 Å². The predicted molar refractivity (Wildman–Crippen MR) is 151 cm³/mol. The Kier molecular flexibility index (Phi) is 6.24. The summed E-state index contributed by atoms with van der Waals surface area (Å²) < 4.78 is 5.47. The summed E-state index contributed by atoms with van der Waals surface area (Å²) in [5, 5.41) is 53.5. The molecule has 0 aliphatic heterocycles. The topological polar surface area (TPSA) is 127 Å². The first-order chi connectivity index (χ1) is 18.2. The molecule has 4 aromatic rings. The highest BCUT2D eigenvalue weighted by molar-refractivity contribution is 6.41. The Hall–Kier alpha value is -3.23. The minimum absolute atomic E-state index is 0.0194. The summed E-state index contributed by atoms with van der Waals surface area (Å²) in [4.78, 5) is 13.9. The van der Waals surface area contributed by atoms with E-state index in [4.69, 9.17) is 51.1 Å². The van der Waals surface area contributed by atoms with Crippen molar-refractivity contribution in [3.05, 3.63) is 66.1 Å². The Labute approximate surface area is 242 Å². The Balaban J connectivity index is 1.99. The molecular formula is C28H20Cl4O7. The van der Waals surface area contributed by atoms with Gasteiger partial charge in [-0.15, -0.1) is 0 Å². The van der Waals surface area contributed by atoms with Gasteiger partial charge in [0.2, 0.25) is 5.78 Å². The van der Waals surface area contributed by atoms with Gasteiger partial charge in [-0.25, -0.2) is 0 Å². The van der Waals surface area contributed by atoms with Gasteiger partial charge in [-0.1, -0.05) is 60.3 Å². The van der Waals surface area contributed by atoms with E-state index in [1.54, 1.807) is 26.8 Å². The summed E-state index contributed by atoms with van der Waals surface area (Å²) >= 11 is 25.4. The lowest BCUT2D eigenvalue weighted by Gasteiger charge is -2.36. The van der Waals surface area contributed by atoms with E-state index >= 15 is 0 Å². The number of ether oxygens (including phenoxy) is 1. The fourth-order valence-electron chi connectivity index (χ4n) is 5.42. The van der Waals surface area contributed by atoms with Gasteiger partial charge in [0.15, 0.2) is 5.75 Å². The standard InChI is InChI=1S/C28H20Cl4O7/c1-8-15(14(39-4)7-13(34)20(8)29)9-6-12(33)21(30)10-5-11-17(24(35)16(9)10)25(36)18-19(28(11,2)3)22(31)27(38)23(32)26(18)37/h5-7,33-35,37-38H,1-4H3. The quantitative estimate of drug-likeness (QED) is 0.157. The second kappa shape index (κ2) is 8.89. The van der Waals surface area contributed by atoms with Gasteiger partial charge in [0.05, 0.1) is 33.3 Å². The summed E-state index contributed by atoms with van der Waals surface area (Å²) in [6, 6.07) is 4.13.